The molecule has 1 heterocycles. The van der Waals surface area contributed by atoms with Gasteiger partial charge in [-0.25, -0.2) is 0 Å². The molecular weight excluding hydrogens is 308 g/mol. The van der Waals surface area contributed by atoms with Crippen LogP contribution in [0.4, 0.5) is 5.69 Å². The number of rotatable bonds is 5. The number of methoxy groups -OCH3 is 1. The Labute approximate surface area is 138 Å². The van der Waals surface area contributed by atoms with Crippen molar-refractivity contribution in [2.75, 3.05) is 12.0 Å². The maximum Gasteiger partial charge on any atom is 0.300 e. The van der Waals surface area contributed by atoms with Gasteiger partial charge < -0.3 is 10.5 Å². The van der Waals surface area contributed by atoms with Crippen LogP contribution in [0, 0.1) is 0 Å². The molecule has 2 N–H and O–H groups in total. The van der Waals surface area contributed by atoms with Gasteiger partial charge in [0.15, 0.2) is 0 Å². The lowest BCUT2D eigenvalue weighted by Crippen LogP contribution is -2.48. The Morgan fingerprint density at radius 2 is 1.79 bits per heavy atom. The van der Waals surface area contributed by atoms with E-state index in [0.717, 1.165) is 5.56 Å². The molecule has 0 spiro atoms. The van der Waals surface area contributed by atoms with Gasteiger partial charge in [-0.05, 0) is 29.8 Å². The molecule has 122 valence electrons. The zero-order valence-electron chi connectivity index (χ0n) is 13.1. The van der Waals surface area contributed by atoms with E-state index in [-0.39, 0.29) is 6.42 Å². The van der Waals surface area contributed by atoms with E-state index in [9.17, 15) is 14.4 Å². The Hall–Kier alpha value is -3.15. The van der Waals surface area contributed by atoms with Crippen LogP contribution in [0.5, 0.6) is 5.75 Å². The number of Topliss-reactive ketones (excluding diaryl/α,β-unsaturated/α-hetero) is 1. The first-order valence-electron chi connectivity index (χ1n) is 7.42. The van der Waals surface area contributed by atoms with E-state index in [4.69, 9.17) is 10.5 Å². The van der Waals surface area contributed by atoms with Crippen LogP contribution in [0.15, 0.2) is 48.5 Å². The lowest BCUT2D eigenvalue weighted by Gasteiger charge is -2.25. The Morgan fingerprint density at radius 1 is 1.12 bits per heavy atom. The van der Waals surface area contributed by atoms with Crippen molar-refractivity contribution in [3.05, 3.63) is 59.7 Å². The monoisotopic (exact) mass is 324 g/mol. The number of amides is 2. The predicted molar refractivity (Wildman–Crippen MR) is 87.9 cm³/mol. The van der Waals surface area contributed by atoms with E-state index in [2.05, 4.69) is 0 Å². The van der Waals surface area contributed by atoms with Crippen LogP contribution >= 0.6 is 0 Å². The van der Waals surface area contributed by atoms with Gasteiger partial charge in [-0.2, -0.15) is 0 Å². The molecular formula is C18H16N2O4. The summed E-state index contributed by atoms with van der Waals surface area (Å²) < 4.78 is 5.10. The Kier molecular flexibility index (Phi) is 4.04. The number of benzene rings is 2. The van der Waals surface area contributed by atoms with Crippen molar-refractivity contribution >= 4 is 23.3 Å². The normalized spacial score (nSPS) is 14.5. The molecule has 0 saturated heterocycles. The molecule has 3 rings (SSSR count). The van der Waals surface area contributed by atoms with E-state index in [1.54, 1.807) is 55.6 Å². The highest BCUT2D eigenvalue weighted by Gasteiger charge is 2.41. The van der Waals surface area contributed by atoms with Crippen molar-refractivity contribution in [3.63, 3.8) is 0 Å². The van der Waals surface area contributed by atoms with Crippen molar-refractivity contribution < 1.29 is 19.1 Å². The maximum atomic E-state index is 12.3. The number of carbonyl (C=O) groups is 3. The van der Waals surface area contributed by atoms with Crippen molar-refractivity contribution in [3.8, 4) is 5.75 Å². The lowest BCUT2D eigenvalue weighted by molar-refractivity contribution is -0.122. The number of hydrogen-bond donors (Lipinski definition) is 1. The summed E-state index contributed by atoms with van der Waals surface area (Å²) in [5.74, 6) is -1.32. The minimum absolute atomic E-state index is 0.215. The van der Waals surface area contributed by atoms with Gasteiger partial charge in [0.25, 0.3) is 11.7 Å². The SMILES string of the molecule is COc1ccc(C[C@H](C(N)=O)N2C(=O)C(=O)c3ccccc32)cc1. The van der Waals surface area contributed by atoms with Gasteiger partial charge in [0.05, 0.1) is 18.4 Å². The number of anilines is 1. The van der Waals surface area contributed by atoms with Crippen LogP contribution in [0.1, 0.15) is 15.9 Å². The maximum absolute atomic E-state index is 12.3. The fraction of sp³-hybridized carbons (Fsp3) is 0.167. The first-order chi connectivity index (χ1) is 11.5. The summed E-state index contributed by atoms with van der Waals surface area (Å²) in [6, 6.07) is 12.8. The summed E-state index contributed by atoms with van der Waals surface area (Å²) in [5.41, 5.74) is 7.04. The summed E-state index contributed by atoms with van der Waals surface area (Å²) in [5, 5.41) is 0. The molecule has 1 aliphatic rings. The number of para-hydroxylation sites is 1. The minimum Gasteiger partial charge on any atom is -0.497 e. The number of carbonyl (C=O) groups excluding carboxylic acids is 3. The average Bonchev–Trinajstić information content (AvgIpc) is 2.85. The molecule has 0 unspecified atom stereocenters. The number of ether oxygens (including phenoxy) is 1. The molecule has 24 heavy (non-hydrogen) atoms. The van der Waals surface area contributed by atoms with Gasteiger partial charge in [0.2, 0.25) is 5.91 Å². The van der Waals surface area contributed by atoms with E-state index >= 15 is 0 Å². The van der Waals surface area contributed by atoms with Gasteiger partial charge in [-0.1, -0.05) is 24.3 Å². The largest absolute Gasteiger partial charge is 0.497 e. The second kappa shape index (κ2) is 6.16. The number of nitrogens with zero attached hydrogens (tertiary/aromatic N) is 1. The fourth-order valence-corrected chi connectivity index (χ4v) is 2.82. The van der Waals surface area contributed by atoms with Crippen LogP contribution in [-0.2, 0) is 16.0 Å². The topological polar surface area (TPSA) is 89.7 Å². The summed E-state index contributed by atoms with van der Waals surface area (Å²) in [6.45, 7) is 0. The second-order valence-corrected chi connectivity index (χ2v) is 5.49. The molecule has 0 radical (unpaired) electrons. The molecule has 6 nitrogen and oxygen atoms in total. The van der Waals surface area contributed by atoms with Crippen LogP contribution in [0.3, 0.4) is 0 Å². The number of fused-ring (bicyclic) bond motifs is 1. The van der Waals surface area contributed by atoms with Gasteiger partial charge >= 0.3 is 0 Å². The first-order valence-corrected chi connectivity index (χ1v) is 7.42. The molecule has 2 amide bonds. The molecule has 0 aromatic heterocycles. The van der Waals surface area contributed by atoms with Gasteiger partial charge in [-0.15, -0.1) is 0 Å². The van der Waals surface area contributed by atoms with Crippen LogP contribution < -0.4 is 15.4 Å². The Balaban J connectivity index is 1.95. The second-order valence-electron chi connectivity index (χ2n) is 5.49. The molecule has 0 saturated carbocycles. The van der Waals surface area contributed by atoms with Gasteiger partial charge in [-0.3, -0.25) is 19.3 Å². The summed E-state index contributed by atoms with van der Waals surface area (Å²) >= 11 is 0. The molecule has 0 aliphatic carbocycles. The summed E-state index contributed by atoms with van der Waals surface area (Å²) in [7, 11) is 1.56. The van der Waals surface area contributed by atoms with Crippen LogP contribution in [-0.4, -0.2) is 30.7 Å². The quantitative estimate of drug-likeness (QED) is 0.840. The number of nitrogens with two attached hydrogens (primary N) is 1. The average molecular weight is 324 g/mol. The molecule has 1 atom stereocenters. The van der Waals surface area contributed by atoms with Crippen LogP contribution in [0.2, 0.25) is 0 Å². The van der Waals surface area contributed by atoms with Gasteiger partial charge in [0, 0.05) is 6.42 Å². The van der Waals surface area contributed by atoms with E-state index < -0.39 is 23.6 Å². The van der Waals surface area contributed by atoms with Crippen molar-refractivity contribution in [1.29, 1.82) is 0 Å². The Bertz CT molecular complexity index is 814. The number of primary amides is 1. The van der Waals surface area contributed by atoms with Crippen LogP contribution in [0.25, 0.3) is 0 Å². The molecule has 0 fully saturated rings. The smallest absolute Gasteiger partial charge is 0.300 e. The molecule has 1 aliphatic heterocycles. The summed E-state index contributed by atoms with van der Waals surface area (Å²) in [4.78, 5) is 37.6. The zero-order valence-corrected chi connectivity index (χ0v) is 13.1. The van der Waals surface area contributed by atoms with Crippen molar-refractivity contribution in [1.82, 2.24) is 0 Å². The number of ketones is 1. The third-order valence-electron chi connectivity index (χ3n) is 4.05. The van der Waals surface area contributed by atoms with Crippen molar-refractivity contribution in [2.24, 2.45) is 5.73 Å². The third kappa shape index (κ3) is 2.62. The molecule has 6 heteroatoms. The predicted octanol–water partition coefficient (Wildman–Crippen LogP) is 1.32. The highest BCUT2D eigenvalue weighted by molar-refractivity contribution is 6.52. The van der Waals surface area contributed by atoms with E-state index in [1.807, 2.05) is 0 Å². The van der Waals surface area contributed by atoms with Gasteiger partial charge in [0.1, 0.15) is 11.8 Å². The molecule has 2 aromatic carbocycles. The standard InChI is InChI=1S/C18H16N2O4/c1-24-12-8-6-11(7-9-12)10-15(17(19)22)20-14-5-3-2-4-13(14)16(21)18(20)23/h2-9,15H,10H2,1H3,(H2,19,22)/t15-/m1/s1. The Morgan fingerprint density at radius 3 is 2.42 bits per heavy atom. The summed E-state index contributed by atoms with van der Waals surface area (Å²) in [6.07, 6.45) is 0.215. The zero-order chi connectivity index (χ0) is 17.3. The van der Waals surface area contributed by atoms with E-state index in [1.165, 1.54) is 4.90 Å². The minimum atomic E-state index is -0.932. The number of hydrogen-bond acceptors (Lipinski definition) is 4. The molecule has 0 bridgehead atoms. The lowest BCUT2D eigenvalue weighted by atomic mass is 10.0. The first kappa shape index (κ1) is 15.7. The molecule has 2 aromatic rings. The van der Waals surface area contributed by atoms with Crippen molar-refractivity contribution in [2.45, 2.75) is 12.5 Å². The highest BCUT2D eigenvalue weighted by atomic mass is 16.5. The van der Waals surface area contributed by atoms with E-state index in [0.29, 0.717) is 17.0 Å². The highest BCUT2D eigenvalue weighted by Crippen LogP contribution is 2.31. The third-order valence-corrected chi connectivity index (χ3v) is 4.05. The fourth-order valence-electron chi connectivity index (χ4n) is 2.82.